The number of hydrogen-bond donors (Lipinski definition) is 1. The summed E-state index contributed by atoms with van der Waals surface area (Å²) in [5.41, 5.74) is 6.42. The maximum absolute atomic E-state index is 10.8. The highest BCUT2D eigenvalue weighted by atomic mass is 79.9. The summed E-state index contributed by atoms with van der Waals surface area (Å²) in [5, 5.41) is 10.8. The van der Waals surface area contributed by atoms with Crippen LogP contribution < -0.4 is 10.5 Å². The summed E-state index contributed by atoms with van der Waals surface area (Å²) < 4.78 is 7.13. The van der Waals surface area contributed by atoms with E-state index in [1.54, 1.807) is 12.1 Å². The van der Waals surface area contributed by atoms with Gasteiger partial charge in [0.1, 0.15) is 11.5 Å². The van der Waals surface area contributed by atoms with Gasteiger partial charge in [0, 0.05) is 27.1 Å². The van der Waals surface area contributed by atoms with Crippen LogP contribution in [-0.2, 0) is 6.54 Å². The maximum Gasteiger partial charge on any atom is 0.274 e. The van der Waals surface area contributed by atoms with Gasteiger partial charge in [-0.3, -0.25) is 10.1 Å². The van der Waals surface area contributed by atoms with E-state index in [1.165, 1.54) is 12.1 Å². The second kappa shape index (κ2) is 6.34. The van der Waals surface area contributed by atoms with Crippen molar-refractivity contribution in [1.82, 2.24) is 0 Å². The second-order valence-corrected chi connectivity index (χ2v) is 5.79. The molecule has 0 saturated carbocycles. The van der Waals surface area contributed by atoms with Gasteiger partial charge in [-0.25, -0.2) is 0 Å². The Hall–Kier alpha value is -1.44. The minimum Gasteiger partial charge on any atom is -0.457 e. The zero-order valence-electron chi connectivity index (χ0n) is 10.2. The Kier molecular flexibility index (Phi) is 4.74. The number of ether oxygens (including phenoxy) is 1. The van der Waals surface area contributed by atoms with Gasteiger partial charge in [0.25, 0.3) is 5.69 Å². The van der Waals surface area contributed by atoms with Crippen LogP contribution in [-0.4, -0.2) is 4.92 Å². The second-order valence-electron chi connectivity index (χ2n) is 3.96. The van der Waals surface area contributed by atoms with Crippen molar-refractivity contribution in [2.75, 3.05) is 0 Å². The lowest BCUT2D eigenvalue weighted by Crippen LogP contribution is -1.99. The zero-order chi connectivity index (χ0) is 14.7. The highest BCUT2D eigenvalue weighted by molar-refractivity contribution is 9.10. The minimum atomic E-state index is -0.470. The van der Waals surface area contributed by atoms with Crippen LogP contribution >= 0.6 is 31.9 Å². The van der Waals surface area contributed by atoms with Gasteiger partial charge in [0.15, 0.2) is 0 Å². The predicted octanol–water partition coefficient (Wildman–Crippen LogP) is 4.37. The van der Waals surface area contributed by atoms with E-state index in [4.69, 9.17) is 10.5 Å². The average Bonchev–Trinajstić information content (AvgIpc) is 2.38. The number of non-ortho nitro benzene ring substituents is 1. The quantitative estimate of drug-likeness (QED) is 0.609. The van der Waals surface area contributed by atoms with Gasteiger partial charge in [0.2, 0.25) is 0 Å². The zero-order valence-corrected chi connectivity index (χ0v) is 13.3. The monoisotopic (exact) mass is 400 g/mol. The number of benzene rings is 2. The van der Waals surface area contributed by atoms with E-state index < -0.39 is 4.92 Å². The largest absolute Gasteiger partial charge is 0.457 e. The average molecular weight is 402 g/mol. The maximum atomic E-state index is 10.8. The molecule has 7 heteroatoms. The van der Waals surface area contributed by atoms with E-state index >= 15 is 0 Å². The van der Waals surface area contributed by atoms with Gasteiger partial charge in [0.05, 0.1) is 11.0 Å². The highest BCUT2D eigenvalue weighted by Gasteiger charge is 2.11. The first-order valence-corrected chi connectivity index (χ1v) is 7.19. The van der Waals surface area contributed by atoms with Gasteiger partial charge in [-0.15, -0.1) is 0 Å². The Balaban J connectivity index is 2.39. The predicted molar refractivity (Wildman–Crippen MR) is 82.9 cm³/mol. The van der Waals surface area contributed by atoms with Crippen LogP contribution in [0.15, 0.2) is 45.3 Å². The molecular formula is C13H10Br2N2O3. The number of nitro groups is 1. The number of nitrogens with two attached hydrogens (primary N) is 1. The lowest BCUT2D eigenvalue weighted by molar-refractivity contribution is -0.385. The van der Waals surface area contributed by atoms with Crippen molar-refractivity contribution in [2.45, 2.75) is 6.54 Å². The van der Waals surface area contributed by atoms with Gasteiger partial charge < -0.3 is 10.5 Å². The number of hydrogen-bond acceptors (Lipinski definition) is 4. The van der Waals surface area contributed by atoms with Crippen molar-refractivity contribution in [2.24, 2.45) is 5.73 Å². The molecule has 0 bridgehead atoms. The third-order valence-corrected chi connectivity index (χ3v) is 3.49. The first-order chi connectivity index (χ1) is 9.49. The molecule has 0 aromatic heterocycles. The molecule has 0 aliphatic rings. The normalized spacial score (nSPS) is 10.3. The molecule has 0 aliphatic carbocycles. The molecule has 0 radical (unpaired) electrons. The number of nitrogens with zero attached hydrogens (tertiary/aromatic N) is 1. The molecule has 2 aromatic rings. The molecule has 2 rings (SSSR count). The summed E-state index contributed by atoms with van der Waals surface area (Å²) in [6, 6.07) is 9.91. The fourth-order valence-electron chi connectivity index (χ4n) is 1.63. The first-order valence-electron chi connectivity index (χ1n) is 5.61. The Morgan fingerprint density at radius 2 is 1.90 bits per heavy atom. The molecule has 0 saturated heterocycles. The summed E-state index contributed by atoms with van der Waals surface area (Å²) in [6.45, 7) is 0.318. The van der Waals surface area contributed by atoms with Crippen LogP contribution in [0.1, 0.15) is 5.56 Å². The molecule has 0 amide bonds. The fourth-order valence-corrected chi connectivity index (χ4v) is 2.43. The number of rotatable bonds is 4. The van der Waals surface area contributed by atoms with Gasteiger partial charge in [-0.1, -0.05) is 37.9 Å². The molecule has 0 atom stereocenters. The van der Waals surface area contributed by atoms with Crippen molar-refractivity contribution in [3.63, 3.8) is 0 Å². The van der Waals surface area contributed by atoms with Crippen LogP contribution in [0.4, 0.5) is 5.69 Å². The summed E-state index contributed by atoms with van der Waals surface area (Å²) in [7, 11) is 0. The molecule has 0 unspecified atom stereocenters. The topological polar surface area (TPSA) is 78.4 Å². The molecule has 2 aromatic carbocycles. The highest BCUT2D eigenvalue weighted by Crippen LogP contribution is 2.32. The first kappa shape index (κ1) is 15.0. The Bertz CT molecular complexity index is 662. The van der Waals surface area contributed by atoms with E-state index in [0.717, 1.165) is 10.0 Å². The summed E-state index contributed by atoms with van der Waals surface area (Å²) in [6.07, 6.45) is 0. The van der Waals surface area contributed by atoms with Crippen LogP contribution in [0.2, 0.25) is 0 Å². The molecule has 0 fully saturated rings. The van der Waals surface area contributed by atoms with Crippen molar-refractivity contribution >= 4 is 37.5 Å². The molecule has 0 spiro atoms. The Morgan fingerprint density at radius 3 is 2.55 bits per heavy atom. The van der Waals surface area contributed by atoms with Gasteiger partial charge >= 0.3 is 0 Å². The third kappa shape index (κ3) is 3.56. The van der Waals surface area contributed by atoms with E-state index in [0.29, 0.717) is 22.5 Å². The van der Waals surface area contributed by atoms with Crippen LogP contribution in [0.25, 0.3) is 0 Å². The summed E-state index contributed by atoms with van der Waals surface area (Å²) in [4.78, 5) is 10.4. The van der Waals surface area contributed by atoms with Gasteiger partial charge in [-0.05, 0) is 18.2 Å². The van der Waals surface area contributed by atoms with E-state index in [2.05, 4.69) is 31.9 Å². The van der Waals surface area contributed by atoms with Crippen molar-refractivity contribution in [3.8, 4) is 11.5 Å². The molecule has 20 heavy (non-hydrogen) atoms. The molecular weight excluding hydrogens is 392 g/mol. The number of halogens is 2. The van der Waals surface area contributed by atoms with Crippen LogP contribution in [0, 0.1) is 10.1 Å². The van der Waals surface area contributed by atoms with Crippen LogP contribution in [0.3, 0.4) is 0 Å². The SMILES string of the molecule is NCc1ccc(Br)cc1Oc1cc(Br)cc([N+](=O)[O-])c1. The molecule has 5 nitrogen and oxygen atoms in total. The smallest absolute Gasteiger partial charge is 0.274 e. The third-order valence-electron chi connectivity index (χ3n) is 2.54. The summed E-state index contributed by atoms with van der Waals surface area (Å²) in [5.74, 6) is 0.938. The standard InChI is InChI=1S/C13H10Br2N2O3/c14-9-2-1-8(7-16)13(5-9)20-12-4-10(15)3-11(6-12)17(18)19/h1-6H,7,16H2. The van der Waals surface area contributed by atoms with Crippen molar-refractivity contribution in [3.05, 3.63) is 61.0 Å². The Morgan fingerprint density at radius 1 is 1.15 bits per heavy atom. The van der Waals surface area contributed by atoms with E-state index in [1.807, 2.05) is 12.1 Å². The van der Waals surface area contributed by atoms with Crippen LogP contribution in [0.5, 0.6) is 11.5 Å². The van der Waals surface area contributed by atoms with E-state index in [-0.39, 0.29) is 5.69 Å². The van der Waals surface area contributed by atoms with E-state index in [9.17, 15) is 10.1 Å². The fraction of sp³-hybridized carbons (Fsp3) is 0.0769. The number of nitro benzene ring substituents is 1. The molecule has 0 heterocycles. The Labute approximate surface area is 132 Å². The molecule has 2 N–H and O–H groups in total. The molecule has 104 valence electrons. The van der Waals surface area contributed by atoms with Crippen molar-refractivity contribution in [1.29, 1.82) is 0 Å². The lowest BCUT2D eigenvalue weighted by Gasteiger charge is -2.10. The minimum absolute atomic E-state index is 0.0429. The summed E-state index contributed by atoms with van der Waals surface area (Å²) >= 11 is 6.58. The molecule has 0 aliphatic heterocycles. The van der Waals surface area contributed by atoms with Gasteiger partial charge in [-0.2, -0.15) is 0 Å². The lowest BCUT2D eigenvalue weighted by atomic mass is 10.2. The van der Waals surface area contributed by atoms with Crippen molar-refractivity contribution < 1.29 is 9.66 Å².